The monoisotopic (exact) mass is 358 g/mol. The SMILES string of the molecule is COC(C)c1nnc(NC(=O)Cc2nc(-c3ccccc3)oc2C)s1. The molecule has 0 aliphatic carbocycles. The Hall–Kier alpha value is -2.58. The highest BCUT2D eigenvalue weighted by molar-refractivity contribution is 7.15. The van der Waals surface area contributed by atoms with Crippen molar-refractivity contribution in [1.29, 1.82) is 0 Å². The van der Waals surface area contributed by atoms with Crippen molar-refractivity contribution in [3.63, 3.8) is 0 Å². The van der Waals surface area contributed by atoms with Gasteiger partial charge in [0.2, 0.25) is 16.9 Å². The van der Waals surface area contributed by atoms with Crippen LogP contribution in [-0.2, 0) is 16.0 Å². The van der Waals surface area contributed by atoms with E-state index in [9.17, 15) is 4.79 Å². The summed E-state index contributed by atoms with van der Waals surface area (Å²) in [7, 11) is 1.60. The lowest BCUT2D eigenvalue weighted by Crippen LogP contribution is -2.15. The van der Waals surface area contributed by atoms with E-state index in [0.717, 1.165) is 5.56 Å². The Kier molecular flexibility index (Phi) is 5.20. The molecular formula is C17H18N4O3S. The van der Waals surface area contributed by atoms with Crippen molar-refractivity contribution in [2.75, 3.05) is 12.4 Å². The smallest absolute Gasteiger partial charge is 0.232 e. The third kappa shape index (κ3) is 4.09. The fourth-order valence-corrected chi connectivity index (χ4v) is 2.95. The summed E-state index contributed by atoms with van der Waals surface area (Å²) < 4.78 is 10.9. The lowest BCUT2D eigenvalue weighted by Gasteiger charge is -2.02. The number of amides is 1. The molecule has 0 bridgehead atoms. The van der Waals surface area contributed by atoms with Gasteiger partial charge in [0.15, 0.2) is 0 Å². The molecule has 0 fully saturated rings. The number of ether oxygens (including phenoxy) is 1. The van der Waals surface area contributed by atoms with Crippen LogP contribution < -0.4 is 5.32 Å². The second-order valence-electron chi connectivity index (χ2n) is 5.44. The minimum Gasteiger partial charge on any atom is -0.441 e. The maximum atomic E-state index is 12.2. The summed E-state index contributed by atoms with van der Waals surface area (Å²) in [4.78, 5) is 16.7. The first-order valence-corrected chi connectivity index (χ1v) is 8.56. The average molecular weight is 358 g/mol. The number of anilines is 1. The highest BCUT2D eigenvalue weighted by Crippen LogP contribution is 2.24. The minimum atomic E-state index is -0.219. The van der Waals surface area contributed by atoms with Gasteiger partial charge in [-0.15, -0.1) is 10.2 Å². The van der Waals surface area contributed by atoms with E-state index in [2.05, 4.69) is 20.5 Å². The van der Waals surface area contributed by atoms with Gasteiger partial charge in [0.25, 0.3) is 0 Å². The van der Waals surface area contributed by atoms with Crippen molar-refractivity contribution in [3.05, 3.63) is 46.8 Å². The van der Waals surface area contributed by atoms with E-state index in [4.69, 9.17) is 9.15 Å². The first-order valence-electron chi connectivity index (χ1n) is 7.74. The number of rotatable bonds is 6. The Bertz CT molecular complexity index is 860. The van der Waals surface area contributed by atoms with E-state index < -0.39 is 0 Å². The Morgan fingerprint density at radius 2 is 2.08 bits per heavy atom. The molecule has 0 aliphatic heterocycles. The first-order chi connectivity index (χ1) is 12.1. The number of hydrogen-bond acceptors (Lipinski definition) is 7. The number of aromatic nitrogens is 3. The third-order valence-electron chi connectivity index (χ3n) is 3.63. The van der Waals surface area contributed by atoms with Crippen LogP contribution in [0.15, 0.2) is 34.7 Å². The van der Waals surface area contributed by atoms with E-state index >= 15 is 0 Å². The molecule has 3 aromatic rings. The molecule has 0 radical (unpaired) electrons. The molecule has 1 amide bonds. The number of benzene rings is 1. The van der Waals surface area contributed by atoms with E-state index in [-0.39, 0.29) is 18.4 Å². The maximum Gasteiger partial charge on any atom is 0.232 e. The van der Waals surface area contributed by atoms with Gasteiger partial charge in [0, 0.05) is 12.7 Å². The third-order valence-corrected chi connectivity index (χ3v) is 4.63. The first kappa shape index (κ1) is 17.2. The Balaban J connectivity index is 1.67. The van der Waals surface area contributed by atoms with Crippen molar-refractivity contribution >= 4 is 22.4 Å². The quantitative estimate of drug-likeness (QED) is 0.726. The second-order valence-corrected chi connectivity index (χ2v) is 6.45. The summed E-state index contributed by atoms with van der Waals surface area (Å²) in [6, 6.07) is 9.57. The summed E-state index contributed by atoms with van der Waals surface area (Å²) >= 11 is 1.29. The minimum absolute atomic E-state index is 0.108. The molecule has 1 aromatic carbocycles. The number of carbonyl (C=O) groups excluding carboxylic acids is 1. The van der Waals surface area contributed by atoms with Gasteiger partial charge in [-0.2, -0.15) is 0 Å². The van der Waals surface area contributed by atoms with Crippen LogP contribution in [0.2, 0.25) is 0 Å². The van der Waals surface area contributed by atoms with Crippen LogP contribution in [0.1, 0.15) is 29.5 Å². The van der Waals surface area contributed by atoms with Crippen molar-refractivity contribution in [2.45, 2.75) is 26.4 Å². The highest BCUT2D eigenvalue weighted by atomic mass is 32.1. The van der Waals surface area contributed by atoms with Gasteiger partial charge in [0.1, 0.15) is 16.9 Å². The molecule has 0 saturated heterocycles. The number of nitrogens with one attached hydrogen (secondary N) is 1. The number of aryl methyl sites for hydroxylation is 1. The van der Waals surface area contributed by atoms with Gasteiger partial charge >= 0.3 is 0 Å². The van der Waals surface area contributed by atoms with Crippen LogP contribution in [0.4, 0.5) is 5.13 Å². The molecule has 25 heavy (non-hydrogen) atoms. The van der Waals surface area contributed by atoms with Crippen LogP contribution in [0.25, 0.3) is 11.5 Å². The molecule has 2 heterocycles. The number of hydrogen-bond donors (Lipinski definition) is 1. The number of nitrogens with zero attached hydrogens (tertiary/aromatic N) is 3. The molecule has 2 aromatic heterocycles. The Labute approximate surface area is 149 Å². The van der Waals surface area contributed by atoms with Crippen LogP contribution in [0.3, 0.4) is 0 Å². The normalized spacial score (nSPS) is 12.1. The van der Waals surface area contributed by atoms with Crippen LogP contribution in [-0.4, -0.2) is 28.2 Å². The fraction of sp³-hybridized carbons (Fsp3) is 0.294. The summed E-state index contributed by atoms with van der Waals surface area (Å²) in [6.07, 6.45) is -0.0499. The van der Waals surface area contributed by atoms with Gasteiger partial charge in [-0.3, -0.25) is 4.79 Å². The van der Waals surface area contributed by atoms with Gasteiger partial charge in [-0.25, -0.2) is 4.98 Å². The topological polar surface area (TPSA) is 90.1 Å². The van der Waals surface area contributed by atoms with E-state index in [1.165, 1.54) is 11.3 Å². The lowest BCUT2D eigenvalue weighted by molar-refractivity contribution is -0.115. The van der Waals surface area contributed by atoms with Crippen molar-refractivity contribution in [1.82, 2.24) is 15.2 Å². The molecule has 0 spiro atoms. The van der Waals surface area contributed by atoms with Gasteiger partial charge in [0.05, 0.1) is 12.1 Å². The molecule has 0 saturated carbocycles. The van der Waals surface area contributed by atoms with Crippen molar-refractivity contribution in [2.24, 2.45) is 0 Å². The largest absolute Gasteiger partial charge is 0.441 e. The second kappa shape index (κ2) is 7.54. The molecule has 1 unspecified atom stereocenters. The predicted molar refractivity (Wildman–Crippen MR) is 94.3 cm³/mol. The molecule has 3 rings (SSSR count). The molecule has 1 atom stereocenters. The Morgan fingerprint density at radius 1 is 1.32 bits per heavy atom. The molecule has 0 aliphatic rings. The van der Waals surface area contributed by atoms with E-state index in [1.807, 2.05) is 37.3 Å². The Morgan fingerprint density at radius 3 is 2.80 bits per heavy atom. The van der Waals surface area contributed by atoms with Crippen molar-refractivity contribution < 1.29 is 13.9 Å². The predicted octanol–water partition coefficient (Wildman–Crippen LogP) is 3.39. The maximum absolute atomic E-state index is 12.2. The molecule has 130 valence electrons. The summed E-state index contributed by atoms with van der Waals surface area (Å²) in [5.74, 6) is 0.914. The highest BCUT2D eigenvalue weighted by Gasteiger charge is 2.17. The zero-order valence-corrected chi connectivity index (χ0v) is 15.0. The van der Waals surface area contributed by atoms with Gasteiger partial charge < -0.3 is 14.5 Å². The molecule has 8 heteroatoms. The van der Waals surface area contributed by atoms with Crippen LogP contribution in [0, 0.1) is 6.92 Å². The van der Waals surface area contributed by atoms with E-state index in [1.54, 1.807) is 14.0 Å². The van der Waals surface area contributed by atoms with E-state index in [0.29, 0.717) is 27.5 Å². The number of oxazole rings is 1. The molecular weight excluding hydrogens is 340 g/mol. The van der Waals surface area contributed by atoms with Crippen LogP contribution >= 0.6 is 11.3 Å². The standard InChI is InChI=1S/C17H18N4O3S/c1-10-13(18-15(24-10)12-7-5-4-6-8-12)9-14(22)19-17-21-20-16(25-17)11(2)23-3/h4-8,11H,9H2,1-3H3,(H,19,21,22). The van der Waals surface area contributed by atoms with Crippen molar-refractivity contribution in [3.8, 4) is 11.5 Å². The summed E-state index contributed by atoms with van der Waals surface area (Å²) in [5.41, 5.74) is 1.48. The molecule has 1 N–H and O–H groups in total. The van der Waals surface area contributed by atoms with Gasteiger partial charge in [-0.05, 0) is 26.0 Å². The number of methoxy groups -OCH3 is 1. The van der Waals surface area contributed by atoms with Crippen LogP contribution in [0.5, 0.6) is 0 Å². The fourth-order valence-electron chi connectivity index (χ4n) is 2.16. The average Bonchev–Trinajstić information content (AvgIpc) is 3.22. The van der Waals surface area contributed by atoms with Gasteiger partial charge in [-0.1, -0.05) is 29.5 Å². The molecule has 7 nitrogen and oxygen atoms in total. The summed E-state index contributed by atoms with van der Waals surface area (Å²) in [6.45, 7) is 3.67. The zero-order valence-electron chi connectivity index (χ0n) is 14.1. The lowest BCUT2D eigenvalue weighted by atomic mass is 10.2. The number of carbonyl (C=O) groups is 1. The summed E-state index contributed by atoms with van der Waals surface area (Å²) in [5, 5.41) is 11.8. The zero-order chi connectivity index (χ0) is 17.8.